The molecule has 0 bridgehead atoms. The van der Waals surface area contributed by atoms with E-state index in [-0.39, 0.29) is 0 Å². The van der Waals surface area contributed by atoms with Crippen LogP contribution in [0.25, 0.3) is 0 Å². The van der Waals surface area contributed by atoms with Gasteiger partial charge in [0, 0.05) is 0 Å². The van der Waals surface area contributed by atoms with Crippen molar-refractivity contribution in [1.82, 2.24) is 4.98 Å². The highest BCUT2D eigenvalue weighted by Crippen LogP contribution is 2.30. The van der Waals surface area contributed by atoms with E-state index >= 15 is 0 Å². The summed E-state index contributed by atoms with van der Waals surface area (Å²) in [6, 6.07) is 0. The average molecular weight is 267 g/mol. The Labute approximate surface area is 94.5 Å². The van der Waals surface area contributed by atoms with Crippen molar-refractivity contribution in [2.75, 3.05) is 0 Å². The molecule has 1 aromatic rings. The van der Waals surface area contributed by atoms with Crippen molar-refractivity contribution in [2.24, 2.45) is 5.14 Å². The lowest BCUT2D eigenvalue weighted by molar-refractivity contribution is -0.392. The van der Waals surface area contributed by atoms with Crippen LogP contribution in [0, 0.1) is 17.0 Å². The smallest absolute Gasteiger partial charge is 0.358 e. The molecule has 0 aliphatic heterocycles. The number of nitrogens with zero attached hydrogens (tertiary/aromatic N) is 2. The first-order valence-electron chi connectivity index (χ1n) is 4.11. The molecule has 0 spiro atoms. The number of rotatable bonds is 3. The van der Waals surface area contributed by atoms with E-state index in [1.807, 2.05) is 0 Å². The minimum absolute atomic E-state index is 0.468. The van der Waals surface area contributed by atoms with E-state index in [1.165, 1.54) is 0 Å². The Morgan fingerprint density at radius 2 is 2.06 bits per heavy atom. The van der Waals surface area contributed by atoms with Crippen LogP contribution in [-0.2, 0) is 10.0 Å². The number of aromatic nitrogens is 1. The van der Waals surface area contributed by atoms with Crippen molar-refractivity contribution < 1.29 is 22.1 Å². The fraction of sp³-hybridized carbons (Fsp3) is 0.286. The van der Waals surface area contributed by atoms with E-state index in [9.17, 15) is 27.3 Å². The number of nitro groups is 1. The lowest BCUT2D eigenvalue weighted by Gasteiger charge is -2.07. The van der Waals surface area contributed by atoms with Gasteiger partial charge < -0.3 is 10.1 Å². The van der Waals surface area contributed by atoms with Gasteiger partial charge >= 0.3 is 5.82 Å². The summed E-state index contributed by atoms with van der Waals surface area (Å²) in [6.07, 6.45) is -2.43. The van der Waals surface area contributed by atoms with Crippen molar-refractivity contribution in [3.8, 4) is 0 Å². The molecule has 0 radical (unpaired) electrons. The minimum Gasteiger partial charge on any atom is -0.358 e. The quantitative estimate of drug-likeness (QED) is 0.644. The van der Waals surface area contributed by atoms with Gasteiger partial charge in [-0.15, -0.1) is 0 Å². The zero-order valence-electron chi connectivity index (χ0n) is 8.42. The molecule has 0 saturated carbocycles. The molecule has 1 rings (SSSR count). The van der Waals surface area contributed by atoms with Gasteiger partial charge in [0.25, 0.3) is 6.43 Å². The summed E-state index contributed by atoms with van der Waals surface area (Å²) in [7, 11) is -4.50. The largest absolute Gasteiger partial charge is 0.384 e. The predicted molar refractivity (Wildman–Crippen MR) is 52.0 cm³/mol. The van der Waals surface area contributed by atoms with Crippen molar-refractivity contribution in [3.05, 3.63) is 27.4 Å². The number of primary sulfonamides is 1. The second-order valence-corrected chi connectivity index (χ2v) is 4.59. The van der Waals surface area contributed by atoms with Gasteiger partial charge in [-0.1, -0.05) is 0 Å². The van der Waals surface area contributed by atoms with Gasteiger partial charge in [-0.05, 0) is 22.4 Å². The Bertz CT molecular complexity index is 573. The Kier molecular flexibility index (Phi) is 3.38. The van der Waals surface area contributed by atoms with Crippen LogP contribution in [0.5, 0.6) is 0 Å². The molecule has 1 heterocycles. The van der Waals surface area contributed by atoms with Crippen LogP contribution < -0.4 is 5.14 Å². The van der Waals surface area contributed by atoms with Gasteiger partial charge in [0.2, 0.25) is 10.0 Å². The van der Waals surface area contributed by atoms with Crippen molar-refractivity contribution in [3.63, 3.8) is 0 Å². The number of hydrogen-bond acceptors (Lipinski definition) is 5. The molecule has 1 aromatic heterocycles. The third-order valence-corrected chi connectivity index (χ3v) is 3.05. The van der Waals surface area contributed by atoms with E-state index in [0.717, 1.165) is 6.92 Å². The standard InChI is InChI=1S/C7H7F2N3O4S/c1-3-4(6(8)9)2-11-7(12(13)14)5(3)17(10,15)16/h2,6H,1H3,(H2,10,15,16). The van der Waals surface area contributed by atoms with E-state index in [1.54, 1.807) is 0 Å². The summed E-state index contributed by atoms with van der Waals surface area (Å²) in [4.78, 5) is 11.5. The molecular weight excluding hydrogens is 260 g/mol. The number of nitrogens with two attached hydrogens (primary N) is 1. The average Bonchev–Trinajstić information content (AvgIpc) is 2.14. The Morgan fingerprint density at radius 1 is 1.53 bits per heavy atom. The van der Waals surface area contributed by atoms with Crippen molar-refractivity contribution in [1.29, 1.82) is 0 Å². The summed E-state index contributed by atoms with van der Waals surface area (Å²) in [5, 5.41) is 15.3. The van der Waals surface area contributed by atoms with Crippen LogP contribution in [0.4, 0.5) is 14.6 Å². The Balaban J connectivity index is 3.72. The Hall–Kier alpha value is -1.68. The number of sulfonamides is 1. The monoisotopic (exact) mass is 267 g/mol. The maximum atomic E-state index is 12.5. The first-order chi connectivity index (χ1) is 7.66. The molecule has 7 nitrogen and oxygen atoms in total. The minimum atomic E-state index is -4.50. The lowest BCUT2D eigenvalue weighted by Crippen LogP contribution is -2.17. The zero-order valence-corrected chi connectivity index (χ0v) is 9.24. The maximum Gasteiger partial charge on any atom is 0.384 e. The third-order valence-electron chi connectivity index (χ3n) is 2.00. The highest BCUT2D eigenvalue weighted by Gasteiger charge is 2.31. The molecule has 0 aliphatic rings. The summed E-state index contributed by atoms with van der Waals surface area (Å²) in [6.45, 7) is 1.01. The normalized spacial score (nSPS) is 11.8. The summed E-state index contributed by atoms with van der Waals surface area (Å²) in [5.74, 6) is -1.06. The van der Waals surface area contributed by atoms with Crippen LogP contribution in [-0.4, -0.2) is 18.3 Å². The summed E-state index contributed by atoms with van der Waals surface area (Å²) in [5.41, 5.74) is -1.18. The second kappa shape index (κ2) is 4.30. The van der Waals surface area contributed by atoms with Crippen LogP contribution >= 0.6 is 0 Å². The maximum absolute atomic E-state index is 12.5. The highest BCUT2D eigenvalue weighted by molar-refractivity contribution is 7.89. The highest BCUT2D eigenvalue weighted by atomic mass is 32.2. The van der Waals surface area contributed by atoms with Crippen LogP contribution in [0.1, 0.15) is 17.6 Å². The SMILES string of the molecule is Cc1c(C(F)F)cnc([N+](=O)[O-])c1S(N)(=O)=O. The molecule has 0 fully saturated rings. The fourth-order valence-electron chi connectivity index (χ4n) is 1.28. The molecule has 10 heteroatoms. The fourth-order valence-corrected chi connectivity index (χ4v) is 2.20. The lowest BCUT2D eigenvalue weighted by atomic mass is 10.1. The van der Waals surface area contributed by atoms with Crippen LogP contribution in [0.15, 0.2) is 11.1 Å². The van der Waals surface area contributed by atoms with Crippen molar-refractivity contribution >= 4 is 15.8 Å². The molecule has 0 atom stereocenters. The summed E-state index contributed by atoms with van der Waals surface area (Å²) < 4.78 is 47.3. The first kappa shape index (κ1) is 13.4. The first-order valence-corrected chi connectivity index (χ1v) is 5.65. The van der Waals surface area contributed by atoms with Gasteiger partial charge in [-0.25, -0.2) is 22.3 Å². The molecule has 0 unspecified atom stereocenters. The van der Waals surface area contributed by atoms with E-state index < -0.39 is 43.2 Å². The predicted octanol–water partition coefficient (Wildman–Crippen LogP) is 0.883. The Morgan fingerprint density at radius 3 is 2.41 bits per heavy atom. The molecule has 2 N–H and O–H groups in total. The van der Waals surface area contributed by atoms with Crippen LogP contribution in [0.3, 0.4) is 0 Å². The van der Waals surface area contributed by atoms with Gasteiger partial charge in [-0.2, -0.15) is 0 Å². The van der Waals surface area contributed by atoms with E-state index in [2.05, 4.69) is 4.98 Å². The van der Waals surface area contributed by atoms with Gasteiger partial charge in [0.15, 0.2) is 4.90 Å². The molecule has 0 amide bonds. The number of pyridine rings is 1. The second-order valence-electron chi connectivity index (χ2n) is 3.09. The molecular formula is C7H7F2N3O4S. The summed E-state index contributed by atoms with van der Waals surface area (Å²) >= 11 is 0. The number of hydrogen-bond donors (Lipinski definition) is 1. The molecule has 17 heavy (non-hydrogen) atoms. The molecule has 0 saturated heterocycles. The van der Waals surface area contributed by atoms with Gasteiger partial charge in [-0.3, -0.25) is 0 Å². The third kappa shape index (κ3) is 2.53. The number of alkyl halides is 2. The van der Waals surface area contributed by atoms with E-state index in [0.29, 0.717) is 6.20 Å². The van der Waals surface area contributed by atoms with Crippen LogP contribution in [0.2, 0.25) is 0 Å². The van der Waals surface area contributed by atoms with E-state index in [4.69, 9.17) is 5.14 Å². The zero-order chi connectivity index (χ0) is 13.4. The van der Waals surface area contributed by atoms with Gasteiger partial charge in [0.1, 0.15) is 6.20 Å². The topological polar surface area (TPSA) is 116 Å². The molecule has 0 aromatic carbocycles. The number of halogens is 2. The molecule has 94 valence electrons. The molecule has 0 aliphatic carbocycles. The van der Waals surface area contributed by atoms with Gasteiger partial charge in [0.05, 0.1) is 5.56 Å². The van der Waals surface area contributed by atoms with Crippen molar-refractivity contribution in [2.45, 2.75) is 18.2 Å².